The lowest BCUT2D eigenvalue weighted by Gasteiger charge is -2.25. The van der Waals surface area contributed by atoms with Crippen molar-refractivity contribution in [3.8, 4) is 0 Å². The van der Waals surface area contributed by atoms with Gasteiger partial charge in [0.25, 0.3) is 0 Å². The molecule has 0 N–H and O–H groups in total. The Morgan fingerprint density at radius 3 is 1.50 bits per heavy atom. The van der Waals surface area contributed by atoms with Gasteiger partial charge >= 0.3 is 0 Å². The zero-order valence-corrected chi connectivity index (χ0v) is 7.50. The van der Waals surface area contributed by atoms with Crippen LogP contribution in [0.2, 0.25) is 0 Å². The Kier molecular flexibility index (Phi) is 4.00. The smallest absolute Gasteiger partial charge is 0.0509 e. The minimum Gasteiger partial charge on any atom is -0.274 e. The average Bonchev–Trinajstić information content (AvgIpc) is 1.81. The molecule has 0 unspecified atom stereocenters. The van der Waals surface area contributed by atoms with Gasteiger partial charge in [0.2, 0.25) is 0 Å². The van der Waals surface area contributed by atoms with Gasteiger partial charge in [0.05, 0.1) is 7.05 Å². The highest BCUT2D eigenvalue weighted by atomic mass is 15.6. The molecule has 0 aliphatic rings. The van der Waals surface area contributed by atoms with Crippen LogP contribution in [0.5, 0.6) is 0 Å². The number of hydrogen-bond donors (Lipinski definition) is 0. The summed E-state index contributed by atoms with van der Waals surface area (Å²) in [5, 5.41) is 9.68. The van der Waals surface area contributed by atoms with E-state index in [-0.39, 0.29) is 0 Å². The summed E-state index contributed by atoms with van der Waals surface area (Å²) in [5.74, 6) is 0. The van der Waals surface area contributed by atoms with Crippen LogP contribution in [0.15, 0.2) is 10.3 Å². The maximum absolute atomic E-state index is 3.98. The highest BCUT2D eigenvalue weighted by Crippen LogP contribution is 2.04. The topological polar surface area (TPSA) is 28.0 Å². The van der Waals surface area contributed by atoms with E-state index in [1.54, 1.807) is 7.05 Å². The van der Waals surface area contributed by atoms with Crippen molar-refractivity contribution in [1.82, 2.24) is 5.01 Å². The Balaban J connectivity index is 3.98. The van der Waals surface area contributed by atoms with Crippen LogP contribution in [0.25, 0.3) is 0 Å². The summed E-state index contributed by atoms with van der Waals surface area (Å²) < 4.78 is 0. The molecule has 0 saturated carbocycles. The van der Waals surface area contributed by atoms with Crippen LogP contribution >= 0.6 is 0 Å². The van der Waals surface area contributed by atoms with Gasteiger partial charge in [0.15, 0.2) is 0 Å². The molecular weight excluding hydrogens is 126 g/mol. The fourth-order valence-electron chi connectivity index (χ4n) is 0.906. The van der Waals surface area contributed by atoms with Gasteiger partial charge in [0.1, 0.15) is 0 Å². The first kappa shape index (κ1) is 9.40. The minimum atomic E-state index is 0.434. The molecule has 0 fully saturated rings. The molecule has 0 spiro atoms. The van der Waals surface area contributed by atoms with Crippen molar-refractivity contribution >= 4 is 0 Å². The largest absolute Gasteiger partial charge is 0.274 e. The highest BCUT2D eigenvalue weighted by Gasteiger charge is 2.09. The minimum absolute atomic E-state index is 0.434. The van der Waals surface area contributed by atoms with Crippen molar-refractivity contribution in [2.75, 3.05) is 7.05 Å². The third kappa shape index (κ3) is 2.80. The quantitative estimate of drug-likeness (QED) is 0.439. The normalized spacial score (nSPS) is 11.9. The SMILES string of the molecule is CN=NN(C(C)C)C(C)C. The molecule has 0 rings (SSSR count). The lowest BCUT2D eigenvalue weighted by Crippen LogP contribution is -2.31. The fraction of sp³-hybridized carbons (Fsp3) is 1.00. The van der Waals surface area contributed by atoms with Gasteiger partial charge in [0, 0.05) is 12.1 Å². The second-order valence-electron chi connectivity index (χ2n) is 2.86. The van der Waals surface area contributed by atoms with Gasteiger partial charge in [-0.25, -0.2) is 0 Å². The lowest BCUT2D eigenvalue weighted by atomic mass is 10.3. The molecule has 0 saturated heterocycles. The van der Waals surface area contributed by atoms with E-state index in [2.05, 4.69) is 38.0 Å². The molecule has 0 aliphatic heterocycles. The Labute approximate surface area is 63.1 Å². The Morgan fingerprint density at radius 2 is 1.40 bits per heavy atom. The first-order chi connectivity index (χ1) is 4.59. The molecule has 0 radical (unpaired) electrons. The van der Waals surface area contributed by atoms with Gasteiger partial charge in [-0.1, -0.05) is 5.22 Å². The highest BCUT2D eigenvalue weighted by molar-refractivity contribution is 4.60. The summed E-state index contributed by atoms with van der Waals surface area (Å²) in [6.45, 7) is 8.42. The molecule has 0 amide bonds. The summed E-state index contributed by atoms with van der Waals surface area (Å²) in [7, 11) is 1.69. The molecule has 10 heavy (non-hydrogen) atoms. The van der Waals surface area contributed by atoms with Crippen molar-refractivity contribution in [2.24, 2.45) is 10.3 Å². The predicted octanol–water partition coefficient (Wildman–Crippen LogP) is 2.10. The standard InChI is InChI=1S/C7H17N3/c1-6(2)10(7(3)4)9-8-5/h6-7H,1-5H3. The number of rotatable bonds is 3. The molecular formula is C7H17N3. The third-order valence-corrected chi connectivity index (χ3v) is 1.25. The zero-order valence-electron chi connectivity index (χ0n) is 7.50. The summed E-state index contributed by atoms with van der Waals surface area (Å²) in [5.41, 5.74) is 0. The summed E-state index contributed by atoms with van der Waals surface area (Å²) >= 11 is 0. The maximum Gasteiger partial charge on any atom is 0.0509 e. The molecule has 0 aliphatic carbocycles. The van der Waals surface area contributed by atoms with E-state index in [0.29, 0.717) is 12.1 Å². The second-order valence-corrected chi connectivity index (χ2v) is 2.86. The van der Waals surface area contributed by atoms with Gasteiger partial charge in [-0.15, -0.1) is 0 Å². The van der Waals surface area contributed by atoms with E-state index in [0.717, 1.165) is 0 Å². The predicted molar refractivity (Wildman–Crippen MR) is 42.9 cm³/mol. The van der Waals surface area contributed by atoms with Crippen molar-refractivity contribution in [3.05, 3.63) is 0 Å². The molecule has 0 aromatic rings. The first-order valence-corrected chi connectivity index (χ1v) is 3.67. The molecule has 3 heteroatoms. The van der Waals surface area contributed by atoms with E-state index in [1.807, 2.05) is 5.01 Å². The Bertz CT molecular complexity index is 99.4. The van der Waals surface area contributed by atoms with Crippen molar-refractivity contribution in [2.45, 2.75) is 39.8 Å². The third-order valence-electron chi connectivity index (χ3n) is 1.25. The molecule has 0 heterocycles. The van der Waals surface area contributed by atoms with Crippen molar-refractivity contribution < 1.29 is 0 Å². The molecule has 3 nitrogen and oxygen atoms in total. The van der Waals surface area contributed by atoms with Gasteiger partial charge in [-0.2, -0.15) is 5.11 Å². The lowest BCUT2D eigenvalue weighted by molar-refractivity contribution is 0.168. The molecule has 0 aromatic heterocycles. The first-order valence-electron chi connectivity index (χ1n) is 3.67. The monoisotopic (exact) mass is 143 g/mol. The Morgan fingerprint density at radius 1 is 1.00 bits per heavy atom. The maximum atomic E-state index is 3.98. The van der Waals surface area contributed by atoms with Crippen molar-refractivity contribution in [1.29, 1.82) is 0 Å². The molecule has 0 aromatic carbocycles. The van der Waals surface area contributed by atoms with Gasteiger partial charge in [-0.3, -0.25) is 5.01 Å². The Hall–Kier alpha value is -0.600. The van der Waals surface area contributed by atoms with Crippen LogP contribution in [0, 0.1) is 0 Å². The molecule has 0 atom stereocenters. The number of hydrogen-bond acceptors (Lipinski definition) is 2. The molecule has 0 bridgehead atoms. The van der Waals surface area contributed by atoms with E-state index < -0.39 is 0 Å². The van der Waals surface area contributed by atoms with Crippen LogP contribution < -0.4 is 0 Å². The van der Waals surface area contributed by atoms with Crippen molar-refractivity contribution in [3.63, 3.8) is 0 Å². The van der Waals surface area contributed by atoms with Gasteiger partial charge in [-0.05, 0) is 27.7 Å². The summed E-state index contributed by atoms with van der Waals surface area (Å²) in [4.78, 5) is 0. The van der Waals surface area contributed by atoms with E-state index in [4.69, 9.17) is 0 Å². The van der Waals surface area contributed by atoms with E-state index in [1.165, 1.54) is 0 Å². The molecule has 60 valence electrons. The second kappa shape index (κ2) is 4.25. The van der Waals surface area contributed by atoms with E-state index in [9.17, 15) is 0 Å². The zero-order chi connectivity index (χ0) is 8.15. The summed E-state index contributed by atoms with van der Waals surface area (Å²) in [6, 6.07) is 0.868. The summed E-state index contributed by atoms with van der Waals surface area (Å²) in [6.07, 6.45) is 0. The van der Waals surface area contributed by atoms with E-state index >= 15 is 0 Å². The van der Waals surface area contributed by atoms with Crippen LogP contribution in [0.4, 0.5) is 0 Å². The van der Waals surface area contributed by atoms with Crippen LogP contribution in [-0.2, 0) is 0 Å². The average molecular weight is 143 g/mol. The number of nitrogens with zero attached hydrogens (tertiary/aromatic N) is 3. The van der Waals surface area contributed by atoms with Crippen LogP contribution in [-0.4, -0.2) is 24.1 Å². The van der Waals surface area contributed by atoms with Crippen LogP contribution in [0.1, 0.15) is 27.7 Å². The van der Waals surface area contributed by atoms with Gasteiger partial charge < -0.3 is 0 Å². The van der Waals surface area contributed by atoms with Crippen LogP contribution in [0.3, 0.4) is 0 Å². The fourth-order valence-corrected chi connectivity index (χ4v) is 0.906.